The average Bonchev–Trinajstić information content (AvgIpc) is 2.85. The predicted octanol–water partition coefficient (Wildman–Crippen LogP) is 4.03. The first-order valence-corrected chi connectivity index (χ1v) is 6.98. The number of hydrogen-bond acceptors (Lipinski definition) is 3. The van der Waals surface area contributed by atoms with E-state index in [1.54, 1.807) is 11.3 Å². The molecule has 0 amide bonds. The number of hydrogen-bond donors (Lipinski definition) is 0. The van der Waals surface area contributed by atoms with E-state index in [9.17, 15) is 4.79 Å². The maximum atomic E-state index is 12.1. The van der Waals surface area contributed by atoms with E-state index in [-0.39, 0.29) is 5.78 Å². The van der Waals surface area contributed by atoms with Crippen LogP contribution in [0, 0.1) is 6.92 Å². The topological polar surface area (TPSA) is 30.0 Å². The third-order valence-corrected chi connectivity index (χ3v) is 4.05. The Hall–Kier alpha value is -2.00. The smallest absolute Gasteiger partial charge is 0.178 e. The standard InChI is InChI=1S/C16H13NOS/c1-11-6-9-16(19-11)15(18)10-13-8-7-12-4-2-3-5-14(12)17-13/h2-9H,10H2,1H3. The van der Waals surface area contributed by atoms with Crippen LogP contribution in [0.15, 0.2) is 48.5 Å². The van der Waals surface area contributed by atoms with Crippen LogP contribution in [0.5, 0.6) is 0 Å². The minimum absolute atomic E-state index is 0.140. The molecule has 0 saturated carbocycles. The van der Waals surface area contributed by atoms with Gasteiger partial charge in [-0.1, -0.05) is 24.3 Å². The molecule has 3 aromatic rings. The highest BCUT2D eigenvalue weighted by molar-refractivity contribution is 7.14. The van der Waals surface area contributed by atoms with Crippen LogP contribution in [0.4, 0.5) is 0 Å². The second kappa shape index (κ2) is 4.94. The van der Waals surface area contributed by atoms with Crippen LogP contribution >= 0.6 is 11.3 Å². The van der Waals surface area contributed by atoms with Gasteiger partial charge in [0.2, 0.25) is 0 Å². The molecule has 0 aliphatic rings. The Balaban J connectivity index is 1.87. The van der Waals surface area contributed by atoms with Crippen molar-refractivity contribution in [2.24, 2.45) is 0 Å². The Kier molecular flexibility index (Phi) is 3.13. The van der Waals surface area contributed by atoms with Crippen molar-refractivity contribution in [1.29, 1.82) is 0 Å². The molecule has 1 aromatic carbocycles. The molecule has 19 heavy (non-hydrogen) atoms. The summed E-state index contributed by atoms with van der Waals surface area (Å²) in [5.41, 5.74) is 1.77. The molecule has 2 heterocycles. The molecule has 0 atom stereocenters. The number of rotatable bonds is 3. The zero-order valence-electron chi connectivity index (χ0n) is 10.6. The van der Waals surface area contributed by atoms with Crippen molar-refractivity contribution in [3.63, 3.8) is 0 Å². The van der Waals surface area contributed by atoms with Gasteiger partial charge in [-0.2, -0.15) is 0 Å². The lowest BCUT2D eigenvalue weighted by molar-refractivity contribution is 0.0996. The number of nitrogens with zero attached hydrogens (tertiary/aromatic N) is 1. The van der Waals surface area contributed by atoms with E-state index in [1.165, 1.54) is 0 Å². The van der Waals surface area contributed by atoms with Crippen LogP contribution in [-0.4, -0.2) is 10.8 Å². The Morgan fingerprint density at radius 3 is 2.74 bits per heavy atom. The highest BCUT2D eigenvalue weighted by atomic mass is 32.1. The molecule has 2 aromatic heterocycles. The molecule has 0 unspecified atom stereocenters. The van der Waals surface area contributed by atoms with Gasteiger partial charge in [0, 0.05) is 16.0 Å². The molecule has 0 spiro atoms. The Labute approximate surface area is 115 Å². The monoisotopic (exact) mass is 267 g/mol. The van der Waals surface area contributed by atoms with Gasteiger partial charge >= 0.3 is 0 Å². The van der Waals surface area contributed by atoms with Gasteiger partial charge < -0.3 is 0 Å². The number of Topliss-reactive ketones (excluding diaryl/α,β-unsaturated/α-hetero) is 1. The lowest BCUT2D eigenvalue weighted by Gasteiger charge is -2.01. The number of pyridine rings is 1. The lowest BCUT2D eigenvalue weighted by Crippen LogP contribution is -2.03. The van der Waals surface area contributed by atoms with Crippen LogP contribution in [-0.2, 0) is 6.42 Å². The minimum Gasteiger partial charge on any atom is -0.293 e. The molecule has 0 N–H and O–H groups in total. The normalized spacial score (nSPS) is 10.8. The fraction of sp³-hybridized carbons (Fsp3) is 0.125. The van der Waals surface area contributed by atoms with Gasteiger partial charge in [-0.15, -0.1) is 11.3 Å². The third-order valence-electron chi connectivity index (χ3n) is 3.01. The van der Waals surface area contributed by atoms with Gasteiger partial charge in [0.1, 0.15) is 0 Å². The second-order valence-corrected chi connectivity index (χ2v) is 5.79. The third kappa shape index (κ3) is 2.56. The van der Waals surface area contributed by atoms with E-state index in [0.29, 0.717) is 6.42 Å². The number of carbonyl (C=O) groups excluding carboxylic acids is 1. The van der Waals surface area contributed by atoms with Crippen molar-refractivity contribution in [3.05, 3.63) is 64.0 Å². The number of benzene rings is 1. The molecule has 0 aliphatic heterocycles. The first kappa shape index (κ1) is 12.1. The van der Waals surface area contributed by atoms with E-state index < -0.39 is 0 Å². The zero-order valence-corrected chi connectivity index (χ0v) is 11.4. The first-order valence-electron chi connectivity index (χ1n) is 6.17. The van der Waals surface area contributed by atoms with Crippen LogP contribution in [0.1, 0.15) is 20.2 Å². The Bertz CT molecular complexity index is 745. The summed E-state index contributed by atoms with van der Waals surface area (Å²) in [6.45, 7) is 2.01. The summed E-state index contributed by atoms with van der Waals surface area (Å²) >= 11 is 1.54. The lowest BCUT2D eigenvalue weighted by atomic mass is 10.1. The zero-order chi connectivity index (χ0) is 13.2. The van der Waals surface area contributed by atoms with Crippen LogP contribution in [0.2, 0.25) is 0 Å². The Morgan fingerprint density at radius 1 is 1.11 bits per heavy atom. The van der Waals surface area contributed by atoms with E-state index in [2.05, 4.69) is 4.98 Å². The fourth-order valence-electron chi connectivity index (χ4n) is 2.04. The van der Waals surface area contributed by atoms with Crippen molar-refractivity contribution in [2.45, 2.75) is 13.3 Å². The Morgan fingerprint density at radius 2 is 1.95 bits per heavy atom. The SMILES string of the molecule is Cc1ccc(C(=O)Cc2ccc3ccccc3n2)s1. The largest absolute Gasteiger partial charge is 0.293 e. The van der Waals surface area contributed by atoms with E-state index in [1.807, 2.05) is 55.5 Å². The van der Waals surface area contributed by atoms with Crippen molar-refractivity contribution in [2.75, 3.05) is 0 Å². The molecule has 2 nitrogen and oxygen atoms in total. The van der Waals surface area contributed by atoms with Crippen LogP contribution in [0.3, 0.4) is 0 Å². The van der Waals surface area contributed by atoms with E-state index >= 15 is 0 Å². The summed E-state index contributed by atoms with van der Waals surface area (Å²) in [4.78, 5) is 18.6. The minimum atomic E-state index is 0.140. The molecule has 0 saturated heterocycles. The van der Waals surface area contributed by atoms with Gasteiger partial charge in [0.25, 0.3) is 0 Å². The molecule has 3 rings (SSSR count). The van der Waals surface area contributed by atoms with E-state index in [4.69, 9.17) is 0 Å². The number of para-hydroxylation sites is 1. The molecule has 94 valence electrons. The summed E-state index contributed by atoms with van der Waals surface area (Å²) < 4.78 is 0. The first-order chi connectivity index (χ1) is 9.22. The summed E-state index contributed by atoms with van der Waals surface area (Å²) in [6.07, 6.45) is 0.366. The molecule has 0 fully saturated rings. The molecular weight excluding hydrogens is 254 g/mol. The second-order valence-electron chi connectivity index (χ2n) is 4.51. The predicted molar refractivity (Wildman–Crippen MR) is 78.8 cm³/mol. The highest BCUT2D eigenvalue weighted by Crippen LogP contribution is 2.18. The highest BCUT2D eigenvalue weighted by Gasteiger charge is 2.10. The maximum Gasteiger partial charge on any atom is 0.178 e. The quantitative estimate of drug-likeness (QED) is 0.671. The van der Waals surface area contributed by atoms with Crippen LogP contribution in [0.25, 0.3) is 10.9 Å². The number of carbonyl (C=O) groups is 1. The molecule has 0 bridgehead atoms. The van der Waals surface area contributed by atoms with E-state index in [0.717, 1.165) is 26.4 Å². The van der Waals surface area contributed by atoms with Gasteiger partial charge in [-0.25, -0.2) is 0 Å². The summed E-state index contributed by atoms with van der Waals surface area (Å²) in [6, 6.07) is 15.8. The van der Waals surface area contributed by atoms with Crippen molar-refractivity contribution < 1.29 is 4.79 Å². The van der Waals surface area contributed by atoms with Crippen LogP contribution < -0.4 is 0 Å². The number of thiophene rings is 1. The van der Waals surface area contributed by atoms with Gasteiger partial charge in [-0.3, -0.25) is 9.78 Å². The summed E-state index contributed by atoms with van der Waals surface area (Å²) in [5, 5.41) is 1.10. The van der Waals surface area contributed by atoms with Crippen molar-refractivity contribution in [1.82, 2.24) is 4.98 Å². The number of aromatic nitrogens is 1. The fourth-order valence-corrected chi connectivity index (χ4v) is 2.85. The van der Waals surface area contributed by atoms with Gasteiger partial charge in [0.15, 0.2) is 5.78 Å². The average molecular weight is 267 g/mol. The molecular formula is C16H13NOS. The summed E-state index contributed by atoms with van der Waals surface area (Å²) in [5.74, 6) is 0.140. The molecule has 0 radical (unpaired) electrons. The van der Waals surface area contributed by atoms with Crippen molar-refractivity contribution in [3.8, 4) is 0 Å². The number of fused-ring (bicyclic) bond motifs is 1. The van der Waals surface area contributed by atoms with Crippen molar-refractivity contribution >= 4 is 28.0 Å². The maximum absolute atomic E-state index is 12.1. The molecule has 3 heteroatoms. The number of ketones is 1. The van der Waals surface area contributed by atoms with Gasteiger partial charge in [-0.05, 0) is 31.2 Å². The molecule has 0 aliphatic carbocycles. The number of aryl methyl sites for hydroxylation is 1. The summed E-state index contributed by atoms with van der Waals surface area (Å²) in [7, 11) is 0. The van der Waals surface area contributed by atoms with Gasteiger partial charge in [0.05, 0.1) is 16.8 Å².